The van der Waals surface area contributed by atoms with Crippen LogP contribution in [0.4, 0.5) is 5.69 Å². The second-order valence-electron chi connectivity index (χ2n) is 5.68. The van der Waals surface area contributed by atoms with Gasteiger partial charge >= 0.3 is 5.97 Å². The molecular formula is C19H20ClNO4. The lowest BCUT2D eigenvalue weighted by Crippen LogP contribution is -2.31. The van der Waals surface area contributed by atoms with Gasteiger partial charge in [0, 0.05) is 10.7 Å². The second kappa shape index (κ2) is 8.53. The van der Waals surface area contributed by atoms with Gasteiger partial charge in [0.1, 0.15) is 5.75 Å². The third-order valence-corrected chi connectivity index (χ3v) is 3.74. The summed E-state index contributed by atoms with van der Waals surface area (Å²) >= 11 is 5.77. The maximum atomic E-state index is 12.2. The van der Waals surface area contributed by atoms with E-state index >= 15 is 0 Å². The van der Waals surface area contributed by atoms with Crippen LogP contribution in [0.15, 0.2) is 42.5 Å². The van der Waals surface area contributed by atoms with Crippen LogP contribution < -0.4 is 10.1 Å². The van der Waals surface area contributed by atoms with Gasteiger partial charge in [0.2, 0.25) is 0 Å². The Bertz CT molecular complexity index is 759. The van der Waals surface area contributed by atoms with Crippen LogP contribution in [0.25, 0.3) is 0 Å². The quantitative estimate of drug-likeness (QED) is 0.792. The van der Waals surface area contributed by atoms with E-state index < -0.39 is 18.0 Å². The molecule has 0 saturated carbocycles. The van der Waals surface area contributed by atoms with Gasteiger partial charge < -0.3 is 14.8 Å². The average Bonchev–Trinajstić information content (AvgIpc) is 2.56. The van der Waals surface area contributed by atoms with Crippen molar-refractivity contribution in [2.24, 2.45) is 0 Å². The van der Waals surface area contributed by atoms with E-state index in [-0.39, 0.29) is 6.61 Å². The molecule has 25 heavy (non-hydrogen) atoms. The van der Waals surface area contributed by atoms with Crippen LogP contribution in [0.5, 0.6) is 5.75 Å². The zero-order valence-corrected chi connectivity index (χ0v) is 15.1. The number of hydrogen-bond acceptors (Lipinski definition) is 4. The predicted octanol–water partition coefficient (Wildman–Crippen LogP) is 3.91. The first-order valence-electron chi connectivity index (χ1n) is 7.81. The second-order valence-corrected chi connectivity index (χ2v) is 6.12. The molecule has 0 spiro atoms. The van der Waals surface area contributed by atoms with Gasteiger partial charge in [-0.3, -0.25) is 4.79 Å². The summed E-state index contributed by atoms with van der Waals surface area (Å²) < 4.78 is 10.4. The van der Waals surface area contributed by atoms with E-state index in [0.717, 1.165) is 11.1 Å². The molecule has 2 aromatic rings. The van der Waals surface area contributed by atoms with Gasteiger partial charge in [-0.05, 0) is 56.7 Å². The minimum Gasteiger partial charge on any atom is -0.482 e. The lowest BCUT2D eigenvalue weighted by molar-refractivity contribution is -0.155. The van der Waals surface area contributed by atoms with E-state index in [4.69, 9.17) is 21.1 Å². The molecule has 2 aromatic carbocycles. The Hall–Kier alpha value is -2.53. The Morgan fingerprint density at radius 2 is 1.80 bits per heavy atom. The largest absolute Gasteiger partial charge is 0.482 e. The van der Waals surface area contributed by atoms with Crippen LogP contribution in [-0.4, -0.2) is 24.6 Å². The average molecular weight is 362 g/mol. The molecule has 2 rings (SSSR count). The lowest BCUT2D eigenvalue weighted by atomic mass is 10.1. The van der Waals surface area contributed by atoms with Crippen molar-refractivity contribution in [3.63, 3.8) is 0 Å². The molecule has 0 aromatic heterocycles. The SMILES string of the molecule is Cc1ccc(NC(=O)[C@H](C)OC(=O)COc2ccc(Cl)cc2)c(C)c1. The summed E-state index contributed by atoms with van der Waals surface area (Å²) in [5, 5.41) is 3.33. The minimum absolute atomic E-state index is 0.289. The summed E-state index contributed by atoms with van der Waals surface area (Å²) in [5.74, 6) is -0.529. The fraction of sp³-hybridized carbons (Fsp3) is 0.263. The summed E-state index contributed by atoms with van der Waals surface area (Å²) in [4.78, 5) is 24.0. The van der Waals surface area contributed by atoms with Crippen molar-refractivity contribution >= 4 is 29.2 Å². The number of nitrogens with one attached hydrogen (secondary N) is 1. The highest BCUT2D eigenvalue weighted by atomic mass is 35.5. The molecule has 0 saturated heterocycles. The van der Waals surface area contributed by atoms with Crippen LogP contribution in [-0.2, 0) is 14.3 Å². The number of amides is 1. The van der Waals surface area contributed by atoms with Crippen LogP contribution in [0.2, 0.25) is 5.02 Å². The standard InChI is InChI=1S/C19H20ClNO4/c1-12-4-9-17(13(2)10-12)21-19(23)14(3)25-18(22)11-24-16-7-5-15(20)6-8-16/h4-10,14H,11H2,1-3H3,(H,21,23)/t14-/m0/s1. The molecule has 6 heteroatoms. The van der Waals surface area contributed by atoms with Crippen LogP contribution in [0, 0.1) is 13.8 Å². The smallest absolute Gasteiger partial charge is 0.344 e. The van der Waals surface area contributed by atoms with Crippen molar-refractivity contribution in [2.45, 2.75) is 26.9 Å². The minimum atomic E-state index is -0.929. The Balaban J connectivity index is 1.83. The van der Waals surface area contributed by atoms with E-state index in [1.165, 1.54) is 6.92 Å². The molecule has 0 fully saturated rings. The van der Waals surface area contributed by atoms with Gasteiger partial charge in [-0.15, -0.1) is 0 Å². The van der Waals surface area contributed by atoms with Crippen molar-refractivity contribution in [3.05, 3.63) is 58.6 Å². The Morgan fingerprint density at radius 1 is 1.12 bits per heavy atom. The topological polar surface area (TPSA) is 64.6 Å². The van der Waals surface area contributed by atoms with Gasteiger partial charge in [-0.2, -0.15) is 0 Å². The summed E-state index contributed by atoms with van der Waals surface area (Å²) in [6, 6.07) is 12.3. The van der Waals surface area contributed by atoms with Crippen LogP contribution in [0.3, 0.4) is 0 Å². The third-order valence-electron chi connectivity index (χ3n) is 3.49. The number of aryl methyl sites for hydroxylation is 2. The number of esters is 1. The first-order chi connectivity index (χ1) is 11.8. The Morgan fingerprint density at radius 3 is 2.44 bits per heavy atom. The first kappa shape index (κ1) is 18.8. The van der Waals surface area contributed by atoms with Gasteiger partial charge in [-0.1, -0.05) is 29.3 Å². The van der Waals surface area contributed by atoms with E-state index in [1.807, 2.05) is 32.0 Å². The zero-order valence-electron chi connectivity index (χ0n) is 14.3. The molecule has 0 heterocycles. The van der Waals surface area contributed by atoms with E-state index in [1.54, 1.807) is 24.3 Å². The molecule has 0 unspecified atom stereocenters. The summed E-state index contributed by atoms with van der Waals surface area (Å²) in [6.45, 7) is 5.10. The number of hydrogen-bond donors (Lipinski definition) is 1. The van der Waals surface area contributed by atoms with Gasteiger partial charge in [0.25, 0.3) is 5.91 Å². The fourth-order valence-corrected chi connectivity index (χ4v) is 2.27. The molecule has 1 atom stereocenters. The summed E-state index contributed by atoms with van der Waals surface area (Å²) in [7, 11) is 0. The summed E-state index contributed by atoms with van der Waals surface area (Å²) in [6.07, 6.45) is -0.929. The monoisotopic (exact) mass is 361 g/mol. The van der Waals surface area contributed by atoms with E-state index in [0.29, 0.717) is 16.5 Å². The number of carbonyl (C=O) groups is 2. The van der Waals surface area contributed by atoms with Crippen molar-refractivity contribution in [2.75, 3.05) is 11.9 Å². The highest BCUT2D eigenvalue weighted by Crippen LogP contribution is 2.17. The molecular weight excluding hydrogens is 342 g/mol. The van der Waals surface area contributed by atoms with Crippen molar-refractivity contribution < 1.29 is 19.1 Å². The van der Waals surface area contributed by atoms with E-state index in [2.05, 4.69) is 5.32 Å². The lowest BCUT2D eigenvalue weighted by Gasteiger charge is -2.15. The van der Waals surface area contributed by atoms with Gasteiger partial charge in [0.15, 0.2) is 12.7 Å². The third kappa shape index (κ3) is 5.80. The molecule has 0 aliphatic heterocycles. The fourth-order valence-electron chi connectivity index (χ4n) is 2.15. The number of anilines is 1. The number of halogens is 1. The van der Waals surface area contributed by atoms with Gasteiger partial charge in [-0.25, -0.2) is 4.79 Å². The maximum Gasteiger partial charge on any atom is 0.344 e. The molecule has 0 aliphatic rings. The maximum absolute atomic E-state index is 12.2. The Labute approximate surface area is 151 Å². The Kier molecular flexibility index (Phi) is 6.42. The highest BCUT2D eigenvalue weighted by Gasteiger charge is 2.19. The van der Waals surface area contributed by atoms with Gasteiger partial charge in [0.05, 0.1) is 0 Å². The van der Waals surface area contributed by atoms with Crippen LogP contribution >= 0.6 is 11.6 Å². The number of benzene rings is 2. The van der Waals surface area contributed by atoms with Crippen molar-refractivity contribution in [3.8, 4) is 5.75 Å². The molecule has 5 nitrogen and oxygen atoms in total. The predicted molar refractivity (Wildman–Crippen MR) is 97.0 cm³/mol. The van der Waals surface area contributed by atoms with Crippen molar-refractivity contribution in [1.29, 1.82) is 0 Å². The highest BCUT2D eigenvalue weighted by molar-refractivity contribution is 6.30. The number of ether oxygens (including phenoxy) is 2. The molecule has 0 radical (unpaired) electrons. The molecule has 1 N–H and O–H groups in total. The molecule has 0 aliphatic carbocycles. The molecule has 0 bridgehead atoms. The molecule has 132 valence electrons. The normalized spacial score (nSPS) is 11.5. The number of carbonyl (C=O) groups excluding carboxylic acids is 2. The van der Waals surface area contributed by atoms with Crippen molar-refractivity contribution in [1.82, 2.24) is 0 Å². The number of rotatable bonds is 6. The summed E-state index contributed by atoms with van der Waals surface area (Å²) in [5.41, 5.74) is 2.74. The first-order valence-corrected chi connectivity index (χ1v) is 8.19. The zero-order chi connectivity index (χ0) is 18.4. The van der Waals surface area contributed by atoms with E-state index in [9.17, 15) is 9.59 Å². The van der Waals surface area contributed by atoms with Crippen LogP contribution in [0.1, 0.15) is 18.1 Å². The molecule has 1 amide bonds.